The van der Waals surface area contributed by atoms with Crippen LogP contribution in [0.3, 0.4) is 0 Å². The van der Waals surface area contributed by atoms with E-state index in [-0.39, 0.29) is 12.5 Å². The summed E-state index contributed by atoms with van der Waals surface area (Å²) in [6, 6.07) is 14.7. The van der Waals surface area contributed by atoms with Crippen molar-refractivity contribution in [1.29, 1.82) is 0 Å². The molecule has 0 saturated carbocycles. The molecule has 3 rings (SSSR count). The van der Waals surface area contributed by atoms with E-state index in [0.29, 0.717) is 16.5 Å². The van der Waals surface area contributed by atoms with Gasteiger partial charge in [-0.05, 0) is 23.8 Å². The number of likely N-dealkylation sites (N-methyl/N-ethyl adjacent to an activating group) is 1. The molecule has 6 nitrogen and oxygen atoms in total. The normalized spacial score (nSPS) is 10.7. The quantitative estimate of drug-likeness (QED) is 0.489. The number of aromatic nitrogens is 1. The van der Waals surface area contributed by atoms with Crippen molar-refractivity contribution in [3.05, 3.63) is 59.7 Å². The van der Waals surface area contributed by atoms with Crippen molar-refractivity contribution in [3.63, 3.8) is 0 Å². The Hall–Kier alpha value is -2.80. The number of fused-ring (bicyclic) bond motifs is 1. The molecule has 26 heavy (non-hydrogen) atoms. The van der Waals surface area contributed by atoms with Gasteiger partial charge < -0.3 is 14.1 Å². The van der Waals surface area contributed by atoms with E-state index in [1.807, 2.05) is 36.4 Å². The smallest absolute Gasteiger partial charge is 0.338 e. The summed E-state index contributed by atoms with van der Waals surface area (Å²) in [5.41, 5.74) is 2.75. The van der Waals surface area contributed by atoms with E-state index < -0.39 is 5.97 Å². The Bertz CT molecular complexity index is 903. The van der Waals surface area contributed by atoms with Crippen molar-refractivity contribution in [1.82, 2.24) is 9.88 Å². The summed E-state index contributed by atoms with van der Waals surface area (Å²) in [5, 5.41) is 0.539. The summed E-state index contributed by atoms with van der Waals surface area (Å²) in [6.07, 6.45) is 0. The Morgan fingerprint density at radius 1 is 1.12 bits per heavy atom. The molecule has 0 atom stereocenters. The van der Waals surface area contributed by atoms with Crippen LogP contribution in [0.25, 0.3) is 11.1 Å². The van der Waals surface area contributed by atoms with E-state index in [0.717, 1.165) is 16.7 Å². The first-order valence-corrected chi connectivity index (χ1v) is 8.96. The van der Waals surface area contributed by atoms with Gasteiger partial charge in [0.25, 0.3) is 11.1 Å². The zero-order valence-electron chi connectivity index (χ0n) is 14.5. The molecule has 1 heterocycles. The van der Waals surface area contributed by atoms with Crippen molar-refractivity contribution >= 4 is 34.7 Å². The summed E-state index contributed by atoms with van der Waals surface area (Å²) in [5.74, 6) is -0.287. The molecule has 0 radical (unpaired) electrons. The number of para-hydroxylation sites is 2. The highest BCUT2D eigenvalue weighted by atomic mass is 32.2. The van der Waals surface area contributed by atoms with Gasteiger partial charge in [0, 0.05) is 19.8 Å². The molecule has 134 valence electrons. The van der Waals surface area contributed by atoms with Gasteiger partial charge in [0.1, 0.15) is 5.52 Å². The minimum atomic E-state index is -0.519. The minimum absolute atomic E-state index is 0.267. The average molecular weight is 370 g/mol. The Kier molecular flexibility index (Phi) is 5.58. The molecule has 0 aliphatic carbocycles. The van der Waals surface area contributed by atoms with Crippen LogP contribution in [-0.2, 0) is 15.3 Å². The number of ether oxygens (including phenoxy) is 1. The maximum atomic E-state index is 12.3. The number of hydrogen-bond donors (Lipinski definition) is 0. The second-order valence-electron chi connectivity index (χ2n) is 5.76. The summed E-state index contributed by atoms with van der Waals surface area (Å²) >= 11 is 1.40. The van der Waals surface area contributed by atoms with Gasteiger partial charge in [-0.1, -0.05) is 42.1 Å². The minimum Gasteiger partial charge on any atom is -0.452 e. The van der Waals surface area contributed by atoms with Crippen molar-refractivity contribution in [3.8, 4) is 0 Å². The van der Waals surface area contributed by atoms with Crippen LogP contribution in [0, 0.1) is 0 Å². The van der Waals surface area contributed by atoms with E-state index in [4.69, 9.17) is 9.15 Å². The van der Waals surface area contributed by atoms with Crippen LogP contribution < -0.4 is 0 Å². The van der Waals surface area contributed by atoms with Gasteiger partial charge in [-0.3, -0.25) is 4.79 Å². The zero-order chi connectivity index (χ0) is 18.5. The number of oxazole rings is 1. The summed E-state index contributed by atoms with van der Waals surface area (Å²) in [7, 11) is 3.22. The predicted octanol–water partition coefficient (Wildman–Crippen LogP) is 3.37. The lowest BCUT2D eigenvalue weighted by molar-refractivity contribution is -0.131. The largest absolute Gasteiger partial charge is 0.452 e. The molecule has 3 aromatic rings. The average Bonchev–Trinajstić information content (AvgIpc) is 3.07. The topological polar surface area (TPSA) is 72.6 Å². The number of hydrogen-bond acceptors (Lipinski definition) is 6. The van der Waals surface area contributed by atoms with Crippen molar-refractivity contribution in [2.75, 3.05) is 20.7 Å². The molecule has 2 aromatic carbocycles. The molecule has 1 amide bonds. The number of esters is 1. The molecule has 0 bridgehead atoms. The fraction of sp³-hybridized carbons (Fsp3) is 0.211. The van der Waals surface area contributed by atoms with E-state index >= 15 is 0 Å². The summed E-state index contributed by atoms with van der Waals surface area (Å²) in [4.78, 5) is 29.7. The molecule has 0 fully saturated rings. The number of carbonyl (C=O) groups excluding carboxylic acids is 2. The molecule has 0 saturated heterocycles. The first-order valence-electron chi connectivity index (χ1n) is 7.98. The van der Waals surface area contributed by atoms with Gasteiger partial charge in [-0.25, -0.2) is 9.78 Å². The molecule has 1 aromatic heterocycles. The van der Waals surface area contributed by atoms with Crippen molar-refractivity contribution < 1.29 is 18.7 Å². The van der Waals surface area contributed by atoms with Crippen molar-refractivity contribution in [2.45, 2.75) is 11.0 Å². The SMILES string of the molecule is CN(C)C(=O)COC(=O)c1ccccc1CSc1nc2ccccc2o1. The number of thioether (sulfide) groups is 1. The van der Waals surface area contributed by atoms with Crippen LogP contribution >= 0.6 is 11.8 Å². The van der Waals surface area contributed by atoms with Gasteiger partial charge in [-0.15, -0.1) is 0 Å². The maximum absolute atomic E-state index is 12.3. The maximum Gasteiger partial charge on any atom is 0.338 e. The first kappa shape index (κ1) is 18.0. The standard InChI is InChI=1S/C19H18N2O4S/c1-21(2)17(22)11-24-18(23)14-8-4-3-7-13(14)12-26-19-20-15-9-5-6-10-16(15)25-19/h3-10H,11-12H2,1-2H3. The third kappa shape index (κ3) is 4.23. The van der Waals surface area contributed by atoms with Crippen molar-refractivity contribution in [2.24, 2.45) is 0 Å². The van der Waals surface area contributed by atoms with Crippen LogP contribution in [0.4, 0.5) is 0 Å². The zero-order valence-corrected chi connectivity index (χ0v) is 15.3. The molecule has 0 aliphatic heterocycles. The van der Waals surface area contributed by atoms with Gasteiger partial charge in [-0.2, -0.15) is 0 Å². The Balaban J connectivity index is 1.68. The highest BCUT2D eigenvalue weighted by molar-refractivity contribution is 7.98. The predicted molar refractivity (Wildman–Crippen MR) is 99.0 cm³/mol. The van der Waals surface area contributed by atoms with Crippen LogP contribution in [0.2, 0.25) is 0 Å². The molecule has 0 aliphatic rings. The second kappa shape index (κ2) is 8.05. The van der Waals surface area contributed by atoms with Crippen LogP contribution in [-0.4, -0.2) is 42.5 Å². The fourth-order valence-electron chi connectivity index (χ4n) is 2.23. The highest BCUT2D eigenvalue weighted by Crippen LogP contribution is 2.27. The Morgan fingerprint density at radius 2 is 1.85 bits per heavy atom. The molecular formula is C19H18N2O4S. The van der Waals surface area contributed by atoms with Gasteiger partial charge in [0.15, 0.2) is 12.2 Å². The van der Waals surface area contributed by atoms with E-state index in [1.165, 1.54) is 16.7 Å². The van der Waals surface area contributed by atoms with Crippen LogP contribution in [0.15, 0.2) is 58.2 Å². The highest BCUT2D eigenvalue weighted by Gasteiger charge is 2.16. The van der Waals surface area contributed by atoms with Gasteiger partial charge in [0.2, 0.25) is 0 Å². The molecule has 0 unspecified atom stereocenters. The van der Waals surface area contributed by atoms with E-state index in [1.54, 1.807) is 26.2 Å². The monoisotopic (exact) mass is 370 g/mol. The number of carbonyl (C=O) groups is 2. The third-order valence-corrected chi connectivity index (χ3v) is 4.57. The van der Waals surface area contributed by atoms with Gasteiger partial charge in [0.05, 0.1) is 5.56 Å². The fourth-order valence-corrected chi connectivity index (χ4v) is 3.07. The Morgan fingerprint density at radius 3 is 2.62 bits per heavy atom. The Labute approximate surface area is 155 Å². The second-order valence-corrected chi connectivity index (χ2v) is 6.68. The van der Waals surface area contributed by atoms with E-state index in [9.17, 15) is 9.59 Å². The molecule has 7 heteroatoms. The lowest BCUT2D eigenvalue weighted by Crippen LogP contribution is -2.27. The third-order valence-electron chi connectivity index (χ3n) is 3.69. The molecular weight excluding hydrogens is 352 g/mol. The van der Waals surface area contributed by atoms with E-state index in [2.05, 4.69) is 4.98 Å². The molecule has 0 spiro atoms. The number of amides is 1. The van der Waals surface area contributed by atoms with Gasteiger partial charge >= 0.3 is 5.97 Å². The molecule has 0 N–H and O–H groups in total. The van der Waals surface area contributed by atoms with Crippen LogP contribution in [0.5, 0.6) is 0 Å². The summed E-state index contributed by atoms with van der Waals surface area (Å²) < 4.78 is 10.8. The lowest BCUT2D eigenvalue weighted by Gasteiger charge is -2.12. The number of benzene rings is 2. The first-order chi connectivity index (χ1) is 12.5. The lowest BCUT2D eigenvalue weighted by atomic mass is 10.1. The summed E-state index contributed by atoms with van der Waals surface area (Å²) in [6.45, 7) is -0.279. The van der Waals surface area contributed by atoms with Crippen LogP contribution in [0.1, 0.15) is 15.9 Å². The number of nitrogens with zero attached hydrogens (tertiary/aromatic N) is 2. The number of rotatable bonds is 6.